The van der Waals surface area contributed by atoms with Crippen LogP contribution >= 0.6 is 0 Å². The maximum atomic E-state index is 12.8. The molecule has 1 N–H and O–H groups in total. The standard InChI is InChI=1S/C25H30N4O3S/c1-19-24(18-22-6-4-3-5-7-22)25(28-20(2)27-19)26-13-12-21-8-10-23(11-9-21)33(30,31)29-14-16-32-17-15-29/h3-11H,12-18H2,1-2H3,(H,26,27,28). The van der Waals surface area contributed by atoms with E-state index in [0.717, 1.165) is 41.3 Å². The second-order valence-corrected chi connectivity index (χ2v) is 10.1. The van der Waals surface area contributed by atoms with E-state index in [2.05, 4.69) is 27.4 Å². The first-order chi connectivity index (χ1) is 15.9. The van der Waals surface area contributed by atoms with E-state index in [1.54, 1.807) is 12.1 Å². The maximum Gasteiger partial charge on any atom is 0.243 e. The summed E-state index contributed by atoms with van der Waals surface area (Å²) in [4.78, 5) is 9.52. The summed E-state index contributed by atoms with van der Waals surface area (Å²) in [5.41, 5.74) is 4.36. The van der Waals surface area contributed by atoms with Crippen LogP contribution < -0.4 is 5.32 Å². The zero-order valence-corrected chi connectivity index (χ0v) is 19.9. The van der Waals surface area contributed by atoms with Crippen LogP contribution in [0.3, 0.4) is 0 Å². The van der Waals surface area contributed by atoms with Gasteiger partial charge in [-0.25, -0.2) is 18.4 Å². The number of sulfonamides is 1. The highest BCUT2D eigenvalue weighted by atomic mass is 32.2. The Morgan fingerprint density at radius 2 is 1.64 bits per heavy atom. The second-order valence-electron chi connectivity index (χ2n) is 8.18. The minimum atomic E-state index is -3.47. The Bertz CT molecular complexity index is 1180. The number of nitrogens with zero attached hydrogens (tertiary/aromatic N) is 3. The van der Waals surface area contributed by atoms with Gasteiger partial charge in [0.1, 0.15) is 11.6 Å². The van der Waals surface area contributed by atoms with Gasteiger partial charge in [-0.1, -0.05) is 42.5 Å². The average Bonchev–Trinajstić information content (AvgIpc) is 2.83. The van der Waals surface area contributed by atoms with Gasteiger partial charge in [-0.05, 0) is 43.5 Å². The Balaban J connectivity index is 1.41. The zero-order valence-electron chi connectivity index (χ0n) is 19.1. The molecule has 8 heteroatoms. The Hall–Kier alpha value is -2.81. The van der Waals surface area contributed by atoms with Crippen LogP contribution in [0.5, 0.6) is 0 Å². The molecule has 33 heavy (non-hydrogen) atoms. The summed E-state index contributed by atoms with van der Waals surface area (Å²) in [7, 11) is -3.47. The van der Waals surface area contributed by atoms with Crippen molar-refractivity contribution >= 4 is 15.8 Å². The molecular weight excluding hydrogens is 436 g/mol. The van der Waals surface area contributed by atoms with Gasteiger partial charge < -0.3 is 10.1 Å². The Morgan fingerprint density at radius 1 is 0.939 bits per heavy atom. The van der Waals surface area contributed by atoms with Gasteiger partial charge in [0.25, 0.3) is 0 Å². The number of morpholine rings is 1. The minimum Gasteiger partial charge on any atom is -0.379 e. The molecule has 2 heterocycles. The number of aromatic nitrogens is 2. The SMILES string of the molecule is Cc1nc(C)c(Cc2ccccc2)c(NCCc2ccc(S(=O)(=O)N3CCOCC3)cc2)n1. The summed E-state index contributed by atoms with van der Waals surface area (Å²) in [5.74, 6) is 1.60. The number of rotatable bonds is 8. The normalized spacial score (nSPS) is 14.8. The van der Waals surface area contributed by atoms with Crippen molar-refractivity contribution in [3.8, 4) is 0 Å². The van der Waals surface area contributed by atoms with Gasteiger partial charge in [-0.15, -0.1) is 0 Å². The molecule has 3 aromatic rings. The highest BCUT2D eigenvalue weighted by molar-refractivity contribution is 7.89. The molecule has 0 spiro atoms. The molecule has 7 nitrogen and oxygen atoms in total. The Morgan fingerprint density at radius 3 is 2.33 bits per heavy atom. The predicted octanol–water partition coefficient (Wildman–Crippen LogP) is 3.36. The van der Waals surface area contributed by atoms with Crippen LogP contribution in [0.1, 0.15) is 28.2 Å². The molecule has 0 unspecified atom stereocenters. The van der Waals surface area contributed by atoms with Crippen LogP contribution in [0.4, 0.5) is 5.82 Å². The molecule has 0 aliphatic carbocycles. The van der Waals surface area contributed by atoms with E-state index < -0.39 is 10.0 Å². The number of ether oxygens (including phenoxy) is 1. The summed E-state index contributed by atoms with van der Waals surface area (Å²) in [6.07, 6.45) is 1.52. The monoisotopic (exact) mass is 466 g/mol. The molecule has 0 radical (unpaired) electrons. The highest BCUT2D eigenvalue weighted by Crippen LogP contribution is 2.21. The number of aryl methyl sites for hydroxylation is 2. The third-order valence-electron chi connectivity index (χ3n) is 5.79. The quantitative estimate of drug-likeness (QED) is 0.548. The van der Waals surface area contributed by atoms with Gasteiger partial charge >= 0.3 is 0 Å². The van der Waals surface area contributed by atoms with Crippen molar-refractivity contribution < 1.29 is 13.2 Å². The molecule has 1 aliphatic heterocycles. The molecule has 0 amide bonds. The van der Waals surface area contributed by atoms with Crippen LogP contribution in [0.15, 0.2) is 59.5 Å². The van der Waals surface area contributed by atoms with Gasteiger partial charge in [-0.2, -0.15) is 4.31 Å². The van der Waals surface area contributed by atoms with Crippen molar-refractivity contribution in [1.82, 2.24) is 14.3 Å². The molecule has 0 bridgehead atoms. The van der Waals surface area contributed by atoms with E-state index >= 15 is 0 Å². The van der Waals surface area contributed by atoms with Crippen molar-refractivity contribution in [1.29, 1.82) is 0 Å². The first-order valence-corrected chi connectivity index (χ1v) is 12.7. The van der Waals surface area contributed by atoms with E-state index in [9.17, 15) is 8.42 Å². The van der Waals surface area contributed by atoms with E-state index in [4.69, 9.17) is 4.74 Å². The smallest absolute Gasteiger partial charge is 0.243 e. The average molecular weight is 467 g/mol. The van der Waals surface area contributed by atoms with E-state index in [1.807, 2.05) is 44.2 Å². The molecule has 4 rings (SSSR count). The van der Waals surface area contributed by atoms with Gasteiger partial charge in [0, 0.05) is 37.3 Å². The topological polar surface area (TPSA) is 84.4 Å². The van der Waals surface area contributed by atoms with E-state index in [-0.39, 0.29) is 0 Å². The number of anilines is 1. The lowest BCUT2D eigenvalue weighted by molar-refractivity contribution is 0.0730. The van der Waals surface area contributed by atoms with E-state index in [0.29, 0.717) is 37.7 Å². The highest BCUT2D eigenvalue weighted by Gasteiger charge is 2.26. The fourth-order valence-corrected chi connectivity index (χ4v) is 5.39. The number of nitrogens with one attached hydrogen (secondary N) is 1. The van der Waals surface area contributed by atoms with Crippen molar-refractivity contribution in [3.63, 3.8) is 0 Å². The van der Waals surface area contributed by atoms with E-state index in [1.165, 1.54) is 9.87 Å². The number of hydrogen-bond acceptors (Lipinski definition) is 6. The molecule has 1 fully saturated rings. The minimum absolute atomic E-state index is 0.327. The summed E-state index contributed by atoms with van der Waals surface area (Å²) >= 11 is 0. The fourth-order valence-electron chi connectivity index (χ4n) is 3.98. The first-order valence-electron chi connectivity index (χ1n) is 11.2. The first kappa shape index (κ1) is 23.4. The molecule has 1 aliphatic rings. The predicted molar refractivity (Wildman–Crippen MR) is 129 cm³/mol. The summed E-state index contributed by atoms with van der Waals surface area (Å²) in [6, 6.07) is 17.5. The van der Waals surface area contributed by atoms with Crippen LogP contribution in [-0.2, 0) is 27.6 Å². The van der Waals surface area contributed by atoms with Crippen LogP contribution in [0.25, 0.3) is 0 Å². The third-order valence-corrected chi connectivity index (χ3v) is 7.70. The Kier molecular flexibility index (Phi) is 7.37. The van der Waals surface area contributed by atoms with Crippen molar-refractivity contribution in [3.05, 3.63) is 82.8 Å². The largest absolute Gasteiger partial charge is 0.379 e. The number of hydrogen-bond donors (Lipinski definition) is 1. The lowest BCUT2D eigenvalue weighted by Crippen LogP contribution is -2.40. The van der Waals surface area contributed by atoms with Gasteiger partial charge in [0.15, 0.2) is 0 Å². The van der Waals surface area contributed by atoms with Crippen molar-refractivity contribution in [2.45, 2.75) is 31.6 Å². The molecule has 0 saturated carbocycles. The lowest BCUT2D eigenvalue weighted by Gasteiger charge is -2.26. The van der Waals surface area contributed by atoms with Crippen molar-refractivity contribution in [2.24, 2.45) is 0 Å². The van der Waals surface area contributed by atoms with Gasteiger partial charge in [0.2, 0.25) is 10.0 Å². The van der Waals surface area contributed by atoms with Crippen molar-refractivity contribution in [2.75, 3.05) is 38.2 Å². The molecule has 0 atom stereocenters. The fraction of sp³-hybridized carbons (Fsp3) is 0.360. The zero-order chi connectivity index (χ0) is 23.3. The summed E-state index contributed by atoms with van der Waals surface area (Å²) in [6.45, 7) is 6.29. The molecular formula is C25H30N4O3S. The third kappa shape index (κ3) is 5.76. The lowest BCUT2D eigenvalue weighted by atomic mass is 10.0. The molecule has 1 aromatic heterocycles. The summed E-state index contributed by atoms with van der Waals surface area (Å²) < 4.78 is 32.3. The molecule has 174 valence electrons. The van der Waals surface area contributed by atoms with Gasteiger partial charge in [0.05, 0.1) is 18.1 Å². The van der Waals surface area contributed by atoms with Crippen LogP contribution in [0.2, 0.25) is 0 Å². The Labute approximate surface area is 195 Å². The number of benzene rings is 2. The van der Waals surface area contributed by atoms with Gasteiger partial charge in [-0.3, -0.25) is 0 Å². The van der Waals surface area contributed by atoms with Crippen LogP contribution in [-0.4, -0.2) is 55.5 Å². The molecule has 1 saturated heterocycles. The summed E-state index contributed by atoms with van der Waals surface area (Å²) in [5, 5.41) is 3.47. The maximum absolute atomic E-state index is 12.8. The van der Waals surface area contributed by atoms with Crippen LogP contribution in [0, 0.1) is 13.8 Å². The molecule has 2 aromatic carbocycles. The second kappa shape index (κ2) is 10.4.